The van der Waals surface area contributed by atoms with Gasteiger partial charge in [-0.15, -0.1) is 0 Å². The number of nitrogens with one attached hydrogen (secondary N) is 1. The SMILES string of the molecule is COc1ccc2cc(C(C)(C)O)[nH]c2c1. The maximum atomic E-state index is 9.85. The molecule has 2 aromatic rings. The van der Waals surface area contributed by atoms with E-state index in [1.807, 2.05) is 24.3 Å². The van der Waals surface area contributed by atoms with Crippen LogP contribution in [0.2, 0.25) is 0 Å². The van der Waals surface area contributed by atoms with Gasteiger partial charge in [0.25, 0.3) is 0 Å². The minimum atomic E-state index is -0.841. The van der Waals surface area contributed by atoms with E-state index in [1.165, 1.54) is 0 Å². The van der Waals surface area contributed by atoms with Gasteiger partial charge < -0.3 is 14.8 Å². The molecule has 0 bridgehead atoms. The predicted octanol–water partition coefficient (Wildman–Crippen LogP) is 2.40. The van der Waals surface area contributed by atoms with Crippen molar-refractivity contribution in [1.29, 1.82) is 0 Å². The number of aromatic amines is 1. The first-order chi connectivity index (χ1) is 7.00. The number of ether oxygens (including phenoxy) is 1. The minimum Gasteiger partial charge on any atom is -0.497 e. The van der Waals surface area contributed by atoms with E-state index in [1.54, 1.807) is 21.0 Å². The fourth-order valence-corrected chi connectivity index (χ4v) is 1.56. The van der Waals surface area contributed by atoms with Gasteiger partial charge in [-0.3, -0.25) is 0 Å². The number of benzene rings is 1. The van der Waals surface area contributed by atoms with Crippen molar-refractivity contribution in [2.45, 2.75) is 19.4 Å². The molecule has 15 heavy (non-hydrogen) atoms. The van der Waals surface area contributed by atoms with Crippen molar-refractivity contribution >= 4 is 10.9 Å². The fraction of sp³-hybridized carbons (Fsp3) is 0.333. The van der Waals surface area contributed by atoms with Crippen LogP contribution in [0.25, 0.3) is 10.9 Å². The Morgan fingerprint density at radius 2 is 2.00 bits per heavy atom. The summed E-state index contributed by atoms with van der Waals surface area (Å²) in [6.07, 6.45) is 0. The molecule has 0 atom stereocenters. The number of aromatic nitrogens is 1. The number of H-pyrrole nitrogens is 1. The molecule has 0 unspecified atom stereocenters. The van der Waals surface area contributed by atoms with E-state index in [2.05, 4.69) is 4.98 Å². The minimum absolute atomic E-state index is 0.811. The third kappa shape index (κ3) is 1.83. The average molecular weight is 205 g/mol. The zero-order valence-corrected chi connectivity index (χ0v) is 9.16. The molecular formula is C12H15NO2. The molecule has 1 heterocycles. The summed E-state index contributed by atoms with van der Waals surface area (Å²) in [5.41, 5.74) is 0.948. The van der Waals surface area contributed by atoms with Crippen LogP contribution >= 0.6 is 0 Å². The maximum Gasteiger partial charge on any atom is 0.120 e. The molecule has 1 aromatic carbocycles. The maximum absolute atomic E-state index is 9.85. The molecule has 2 N–H and O–H groups in total. The lowest BCUT2D eigenvalue weighted by molar-refractivity contribution is 0.0747. The van der Waals surface area contributed by atoms with Crippen molar-refractivity contribution in [2.24, 2.45) is 0 Å². The highest BCUT2D eigenvalue weighted by Crippen LogP contribution is 2.26. The first-order valence-corrected chi connectivity index (χ1v) is 4.90. The molecule has 0 aliphatic heterocycles. The Bertz CT molecular complexity index is 480. The number of methoxy groups -OCH3 is 1. The normalized spacial score (nSPS) is 12.0. The number of hydrogen-bond donors (Lipinski definition) is 2. The van der Waals surface area contributed by atoms with Crippen LogP contribution in [-0.2, 0) is 5.60 Å². The third-order valence-corrected chi connectivity index (χ3v) is 2.49. The Morgan fingerprint density at radius 1 is 1.27 bits per heavy atom. The van der Waals surface area contributed by atoms with E-state index < -0.39 is 5.60 Å². The molecule has 0 saturated carbocycles. The Balaban J connectivity index is 2.56. The second kappa shape index (κ2) is 3.28. The molecule has 0 radical (unpaired) electrons. The molecule has 1 aromatic heterocycles. The van der Waals surface area contributed by atoms with Gasteiger partial charge in [0.1, 0.15) is 5.75 Å². The largest absolute Gasteiger partial charge is 0.497 e. The Labute approximate surface area is 88.7 Å². The third-order valence-electron chi connectivity index (χ3n) is 2.49. The number of hydrogen-bond acceptors (Lipinski definition) is 2. The smallest absolute Gasteiger partial charge is 0.120 e. The zero-order chi connectivity index (χ0) is 11.1. The van der Waals surface area contributed by atoms with Gasteiger partial charge in [0.15, 0.2) is 0 Å². The van der Waals surface area contributed by atoms with Gasteiger partial charge in [0.2, 0.25) is 0 Å². The van der Waals surface area contributed by atoms with E-state index >= 15 is 0 Å². The van der Waals surface area contributed by atoms with Crippen molar-refractivity contribution in [3.8, 4) is 5.75 Å². The number of aliphatic hydroxyl groups is 1. The first kappa shape index (κ1) is 10.1. The molecule has 0 amide bonds. The molecule has 0 saturated heterocycles. The quantitative estimate of drug-likeness (QED) is 0.790. The lowest BCUT2D eigenvalue weighted by atomic mass is 10.1. The van der Waals surface area contributed by atoms with E-state index in [0.29, 0.717) is 0 Å². The van der Waals surface area contributed by atoms with Crippen molar-refractivity contribution in [2.75, 3.05) is 7.11 Å². The van der Waals surface area contributed by atoms with Crippen molar-refractivity contribution in [3.05, 3.63) is 30.0 Å². The van der Waals surface area contributed by atoms with E-state index in [4.69, 9.17) is 4.74 Å². The van der Waals surface area contributed by atoms with Crippen molar-refractivity contribution < 1.29 is 9.84 Å². The van der Waals surface area contributed by atoms with Crippen LogP contribution in [0.5, 0.6) is 5.75 Å². The monoisotopic (exact) mass is 205 g/mol. The number of fused-ring (bicyclic) bond motifs is 1. The molecule has 3 heteroatoms. The van der Waals surface area contributed by atoms with Crippen LogP contribution in [0.4, 0.5) is 0 Å². The van der Waals surface area contributed by atoms with E-state index in [0.717, 1.165) is 22.3 Å². The van der Waals surface area contributed by atoms with Gasteiger partial charge in [-0.05, 0) is 32.0 Å². The van der Waals surface area contributed by atoms with Gasteiger partial charge >= 0.3 is 0 Å². The summed E-state index contributed by atoms with van der Waals surface area (Å²) in [5, 5.41) is 10.9. The Hall–Kier alpha value is -1.48. The lowest BCUT2D eigenvalue weighted by Gasteiger charge is -2.14. The van der Waals surface area contributed by atoms with Gasteiger partial charge in [0.05, 0.1) is 12.7 Å². The van der Waals surface area contributed by atoms with Crippen LogP contribution in [0.15, 0.2) is 24.3 Å². The zero-order valence-electron chi connectivity index (χ0n) is 9.16. The van der Waals surface area contributed by atoms with E-state index in [-0.39, 0.29) is 0 Å². The summed E-state index contributed by atoms with van der Waals surface area (Å²) >= 11 is 0. The van der Waals surface area contributed by atoms with Crippen LogP contribution in [0.1, 0.15) is 19.5 Å². The fourth-order valence-electron chi connectivity index (χ4n) is 1.56. The molecule has 2 rings (SSSR count). The van der Waals surface area contributed by atoms with Crippen molar-refractivity contribution in [1.82, 2.24) is 4.98 Å². The second-order valence-corrected chi connectivity index (χ2v) is 4.20. The molecule has 0 aliphatic carbocycles. The molecule has 3 nitrogen and oxygen atoms in total. The topological polar surface area (TPSA) is 45.2 Å². The highest BCUT2D eigenvalue weighted by molar-refractivity contribution is 5.82. The summed E-state index contributed by atoms with van der Waals surface area (Å²) in [6, 6.07) is 7.75. The summed E-state index contributed by atoms with van der Waals surface area (Å²) in [5.74, 6) is 0.812. The van der Waals surface area contributed by atoms with Gasteiger partial charge in [-0.25, -0.2) is 0 Å². The molecule has 0 fully saturated rings. The van der Waals surface area contributed by atoms with Gasteiger partial charge in [-0.2, -0.15) is 0 Å². The van der Waals surface area contributed by atoms with Crippen LogP contribution in [0.3, 0.4) is 0 Å². The first-order valence-electron chi connectivity index (χ1n) is 4.90. The van der Waals surface area contributed by atoms with E-state index in [9.17, 15) is 5.11 Å². The molecule has 80 valence electrons. The summed E-state index contributed by atoms with van der Waals surface area (Å²) in [7, 11) is 1.64. The standard InChI is InChI=1S/C12H15NO2/c1-12(2,14)11-6-8-4-5-9(15-3)7-10(8)13-11/h4-7,13-14H,1-3H3. The Morgan fingerprint density at radius 3 is 2.60 bits per heavy atom. The highest BCUT2D eigenvalue weighted by Gasteiger charge is 2.18. The summed E-state index contributed by atoms with van der Waals surface area (Å²) in [4.78, 5) is 3.18. The molecule has 0 spiro atoms. The van der Waals surface area contributed by atoms with Gasteiger partial charge in [-0.1, -0.05) is 0 Å². The van der Waals surface area contributed by atoms with Crippen LogP contribution in [0, 0.1) is 0 Å². The number of rotatable bonds is 2. The predicted molar refractivity (Wildman–Crippen MR) is 60.1 cm³/mol. The van der Waals surface area contributed by atoms with Crippen molar-refractivity contribution in [3.63, 3.8) is 0 Å². The van der Waals surface area contributed by atoms with Crippen LogP contribution in [-0.4, -0.2) is 17.2 Å². The van der Waals surface area contributed by atoms with Gasteiger partial charge in [0, 0.05) is 22.7 Å². The molecular weight excluding hydrogens is 190 g/mol. The lowest BCUT2D eigenvalue weighted by Crippen LogP contribution is -2.15. The summed E-state index contributed by atoms with van der Waals surface area (Å²) < 4.78 is 5.13. The molecule has 0 aliphatic rings. The second-order valence-electron chi connectivity index (χ2n) is 4.20. The Kier molecular flexibility index (Phi) is 2.20. The highest BCUT2D eigenvalue weighted by atomic mass is 16.5. The van der Waals surface area contributed by atoms with Crippen LogP contribution < -0.4 is 4.74 Å². The average Bonchev–Trinajstić information content (AvgIpc) is 2.59. The summed E-state index contributed by atoms with van der Waals surface area (Å²) in [6.45, 7) is 3.52.